The lowest BCUT2D eigenvalue weighted by molar-refractivity contribution is -0.139. The summed E-state index contributed by atoms with van der Waals surface area (Å²) in [7, 11) is 0. The number of hydrogen-bond acceptors (Lipinski definition) is 1. The number of carboxylic acids is 1. The predicted molar refractivity (Wildman–Crippen MR) is 52.2 cm³/mol. The van der Waals surface area contributed by atoms with E-state index in [9.17, 15) is 4.79 Å². The summed E-state index contributed by atoms with van der Waals surface area (Å²) in [6, 6.07) is 6.24. The number of rotatable bonds is 1. The Morgan fingerprint density at radius 3 is 3.00 bits per heavy atom. The Kier molecular flexibility index (Phi) is 1.37. The predicted octanol–water partition coefficient (Wildman–Crippen LogP) is 1.97. The van der Waals surface area contributed by atoms with Crippen molar-refractivity contribution in [1.29, 1.82) is 0 Å². The number of hydrogen-bond donors (Lipinski definition) is 1. The van der Waals surface area contributed by atoms with Gasteiger partial charge in [0.05, 0.1) is 5.92 Å². The third kappa shape index (κ3) is 0.834. The Morgan fingerprint density at radius 1 is 1.50 bits per heavy atom. The largest absolute Gasteiger partial charge is 0.481 e. The van der Waals surface area contributed by atoms with Crippen molar-refractivity contribution in [1.82, 2.24) is 0 Å². The lowest BCUT2D eigenvalue weighted by atomic mass is 9.98. The van der Waals surface area contributed by atoms with Gasteiger partial charge in [-0.15, -0.1) is 0 Å². The number of fused-ring (bicyclic) bond motifs is 3. The molecule has 2 aliphatic carbocycles. The van der Waals surface area contributed by atoms with E-state index >= 15 is 0 Å². The molecule has 0 bridgehead atoms. The van der Waals surface area contributed by atoms with E-state index < -0.39 is 5.97 Å². The van der Waals surface area contributed by atoms with Gasteiger partial charge in [-0.3, -0.25) is 4.79 Å². The average molecular weight is 188 g/mol. The Bertz CT molecular complexity index is 422. The summed E-state index contributed by atoms with van der Waals surface area (Å²) in [5, 5.41) is 8.95. The van der Waals surface area contributed by atoms with Crippen LogP contribution in [0.3, 0.4) is 0 Å². The third-order valence-corrected chi connectivity index (χ3v) is 3.70. The van der Waals surface area contributed by atoms with E-state index in [-0.39, 0.29) is 5.92 Å². The van der Waals surface area contributed by atoms with E-state index in [0.717, 1.165) is 6.42 Å². The number of aliphatic carboxylic acids is 1. The maximum atomic E-state index is 10.9. The smallest absolute Gasteiger partial charge is 0.307 e. The molecule has 2 aliphatic rings. The van der Waals surface area contributed by atoms with Crippen LogP contribution in [0, 0.1) is 18.8 Å². The van der Waals surface area contributed by atoms with Crippen LogP contribution >= 0.6 is 0 Å². The van der Waals surface area contributed by atoms with E-state index in [0.29, 0.717) is 11.8 Å². The highest BCUT2D eigenvalue weighted by Gasteiger charge is 2.59. The van der Waals surface area contributed by atoms with Crippen LogP contribution in [0.5, 0.6) is 0 Å². The Morgan fingerprint density at radius 2 is 2.29 bits per heavy atom. The monoisotopic (exact) mass is 188 g/mol. The zero-order valence-electron chi connectivity index (χ0n) is 8.03. The first-order valence-electron chi connectivity index (χ1n) is 5.01. The highest BCUT2D eigenvalue weighted by Crippen LogP contribution is 2.61. The molecule has 1 aromatic carbocycles. The minimum absolute atomic E-state index is 0.0932. The van der Waals surface area contributed by atoms with Crippen molar-refractivity contribution in [3.63, 3.8) is 0 Å². The molecule has 0 aromatic heterocycles. The quantitative estimate of drug-likeness (QED) is 0.731. The van der Waals surface area contributed by atoms with Crippen LogP contribution in [0.2, 0.25) is 0 Å². The van der Waals surface area contributed by atoms with Crippen molar-refractivity contribution in [2.75, 3.05) is 0 Å². The minimum Gasteiger partial charge on any atom is -0.481 e. The van der Waals surface area contributed by atoms with E-state index in [1.54, 1.807) is 0 Å². The molecule has 2 nitrogen and oxygen atoms in total. The standard InChI is InChI=1S/C12H12O2/c1-6-3-2-4-7-8(6)5-9-10(7)11(9)12(13)14/h2-4,9-11H,5H2,1H3,(H,13,14)/t9-,10-,11-/m0/s1. The Hall–Kier alpha value is -1.31. The molecule has 14 heavy (non-hydrogen) atoms. The second kappa shape index (κ2) is 2.38. The van der Waals surface area contributed by atoms with E-state index in [1.807, 2.05) is 6.07 Å². The SMILES string of the molecule is Cc1cccc2c1C[C@@H]1[C@H](C(=O)O)[C@@H]21. The van der Waals surface area contributed by atoms with Crippen molar-refractivity contribution in [3.8, 4) is 0 Å². The summed E-state index contributed by atoms with van der Waals surface area (Å²) in [6.07, 6.45) is 0.976. The van der Waals surface area contributed by atoms with Gasteiger partial charge >= 0.3 is 5.97 Å². The van der Waals surface area contributed by atoms with Crippen LogP contribution in [0.4, 0.5) is 0 Å². The number of aryl methyl sites for hydroxylation is 1. The van der Waals surface area contributed by atoms with Gasteiger partial charge in [0, 0.05) is 5.92 Å². The summed E-state index contributed by atoms with van der Waals surface area (Å²) in [4.78, 5) is 10.9. The molecule has 1 aromatic rings. The summed E-state index contributed by atoms with van der Waals surface area (Å²) >= 11 is 0. The molecule has 0 heterocycles. The molecule has 0 unspecified atom stereocenters. The second-order valence-corrected chi connectivity index (χ2v) is 4.40. The molecule has 1 saturated carbocycles. The molecule has 1 N–H and O–H groups in total. The summed E-state index contributed by atoms with van der Waals surface area (Å²) in [5.41, 5.74) is 4.02. The zero-order chi connectivity index (χ0) is 9.87. The Labute approximate surface area is 82.6 Å². The normalized spacial score (nSPS) is 32.2. The lowest BCUT2D eigenvalue weighted by Gasteiger charge is -2.07. The van der Waals surface area contributed by atoms with Crippen molar-refractivity contribution < 1.29 is 9.90 Å². The second-order valence-electron chi connectivity index (χ2n) is 4.40. The van der Waals surface area contributed by atoms with Gasteiger partial charge in [0.25, 0.3) is 0 Å². The molecule has 1 fully saturated rings. The van der Waals surface area contributed by atoms with Gasteiger partial charge in [-0.2, -0.15) is 0 Å². The average Bonchev–Trinajstić information content (AvgIpc) is 2.73. The molecule has 3 rings (SSSR count). The third-order valence-electron chi connectivity index (χ3n) is 3.70. The van der Waals surface area contributed by atoms with E-state index in [2.05, 4.69) is 19.1 Å². The van der Waals surface area contributed by atoms with Gasteiger partial charge in [0.1, 0.15) is 0 Å². The van der Waals surface area contributed by atoms with Crippen LogP contribution in [-0.2, 0) is 11.2 Å². The highest BCUT2D eigenvalue weighted by atomic mass is 16.4. The summed E-state index contributed by atoms with van der Waals surface area (Å²) in [5.74, 6) is 0.00227. The van der Waals surface area contributed by atoms with Crippen LogP contribution < -0.4 is 0 Å². The Balaban J connectivity index is 2.03. The molecule has 3 atom stereocenters. The van der Waals surface area contributed by atoms with Gasteiger partial charge in [0.2, 0.25) is 0 Å². The van der Waals surface area contributed by atoms with Gasteiger partial charge in [-0.1, -0.05) is 18.2 Å². The van der Waals surface area contributed by atoms with Crippen LogP contribution in [0.15, 0.2) is 18.2 Å². The number of carboxylic acid groups (broad SMARTS) is 1. The molecular weight excluding hydrogens is 176 g/mol. The summed E-state index contributed by atoms with van der Waals surface area (Å²) < 4.78 is 0. The molecule has 0 saturated heterocycles. The number of benzene rings is 1. The molecule has 0 spiro atoms. The van der Waals surface area contributed by atoms with Crippen molar-refractivity contribution in [3.05, 3.63) is 34.9 Å². The molecular formula is C12H12O2. The fourth-order valence-electron chi connectivity index (χ4n) is 2.94. The molecule has 72 valence electrons. The van der Waals surface area contributed by atoms with E-state index in [4.69, 9.17) is 5.11 Å². The maximum Gasteiger partial charge on any atom is 0.307 e. The topological polar surface area (TPSA) is 37.3 Å². The van der Waals surface area contributed by atoms with Gasteiger partial charge in [0.15, 0.2) is 0 Å². The molecule has 0 radical (unpaired) electrons. The zero-order valence-corrected chi connectivity index (χ0v) is 8.03. The van der Waals surface area contributed by atoms with Gasteiger partial charge < -0.3 is 5.11 Å². The van der Waals surface area contributed by atoms with Crippen molar-refractivity contribution in [2.24, 2.45) is 11.8 Å². The van der Waals surface area contributed by atoms with Crippen LogP contribution in [-0.4, -0.2) is 11.1 Å². The fraction of sp³-hybridized carbons (Fsp3) is 0.417. The van der Waals surface area contributed by atoms with Crippen LogP contribution in [0.25, 0.3) is 0 Å². The van der Waals surface area contributed by atoms with E-state index in [1.165, 1.54) is 16.7 Å². The molecule has 2 heteroatoms. The molecule has 0 amide bonds. The first-order chi connectivity index (χ1) is 6.70. The molecule has 0 aliphatic heterocycles. The summed E-state index contributed by atoms with van der Waals surface area (Å²) in [6.45, 7) is 2.11. The maximum absolute atomic E-state index is 10.9. The number of carbonyl (C=O) groups is 1. The van der Waals surface area contributed by atoms with Crippen LogP contribution in [0.1, 0.15) is 22.6 Å². The lowest BCUT2D eigenvalue weighted by Crippen LogP contribution is -2.05. The fourth-order valence-corrected chi connectivity index (χ4v) is 2.94. The van der Waals surface area contributed by atoms with Gasteiger partial charge in [-0.05, 0) is 36.0 Å². The van der Waals surface area contributed by atoms with Crippen molar-refractivity contribution in [2.45, 2.75) is 19.3 Å². The van der Waals surface area contributed by atoms with Crippen molar-refractivity contribution >= 4 is 5.97 Å². The highest BCUT2D eigenvalue weighted by molar-refractivity contribution is 5.78. The first-order valence-corrected chi connectivity index (χ1v) is 5.01. The first kappa shape index (κ1) is 8.04. The minimum atomic E-state index is -0.618. The van der Waals surface area contributed by atoms with Gasteiger partial charge in [-0.25, -0.2) is 0 Å².